The van der Waals surface area contributed by atoms with Crippen LogP contribution in [0.4, 0.5) is 19.1 Å². The smallest absolute Gasteiger partial charge is 0.292 e. The molecule has 11 heteroatoms. The van der Waals surface area contributed by atoms with Crippen LogP contribution in [0.2, 0.25) is 0 Å². The first-order chi connectivity index (χ1) is 8.88. The van der Waals surface area contributed by atoms with E-state index in [0.29, 0.717) is 10.2 Å². The molecule has 2 rings (SSSR count). The van der Waals surface area contributed by atoms with Crippen LogP contribution in [0.1, 0.15) is 11.5 Å². The Balaban J connectivity index is 2.34. The van der Waals surface area contributed by atoms with Crippen LogP contribution in [-0.2, 0) is 6.18 Å². The lowest BCUT2D eigenvalue weighted by Crippen LogP contribution is -2.15. The zero-order chi connectivity index (χ0) is 14.0. The second-order valence-electron chi connectivity index (χ2n) is 3.27. The van der Waals surface area contributed by atoms with E-state index in [9.17, 15) is 13.2 Å². The van der Waals surface area contributed by atoms with Crippen molar-refractivity contribution >= 4 is 29.2 Å². The fourth-order valence-corrected chi connectivity index (χ4v) is 2.70. The molecular formula is C8H7F3N6S2. The number of nitrogens with two attached hydrogens (primary N) is 1. The van der Waals surface area contributed by atoms with Crippen LogP contribution in [0, 0.1) is 6.92 Å². The number of nitrogens with one attached hydrogen (secondary N) is 1. The normalized spacial score (nSPS) is 11.6. The standard InChI is InChI=1S/C8H7F3N6S2/c1-3-13-7(19-17-3)18-5-2-4(8(9,10)11)14-6(15-5)16-12/h2H,12H2,1H3,(H,14,15,16). The fourth-order valence-electron chi connectivity index (χ4n) is 1.10. The molecule has 0 fully saturated rings. The van der Waals surface area contributed by atoms with Crippen LogP contribution in [0.25, 0.3) is 0 Å². The molecule has 2 heterocycles. The molecule has 0 aliphatic rings. The van der Waals surface area contributed by atoms with Crippen LogP contribution in [0.15, 0.2) is 15.4 Å². The molecule has 2 aromatic heterocycles. The Labute approximate surface area is 113 Å². The molecule has 0 unspecified atom stereocenters. The molecule has 0 atom stereocenters. The molecule has 0 spiro atoms. The quantitative estimate of drug-likeness (QED) is 0.510. The maximum Gasteiger partial charge on any atom is 0.433 e. The summed E-state index contributed by atoms with van der Waals surface area (Å²) in [7, 11) is 0. The van der Waals surface area contributed by atoms with Gasteiger partial charge in [-0.15, -0.1) is 0 Å². The molecule has 0 bridgehead atoms. The number of alkyl halides is 3. The van der Waals surface area contributed by atoms with Gasteiger partial charge in [0.25, 0.3) is 0 Å². The first kappa shape index (κ1) is 14.0. The van der Waals surface area contributed by atoms with Gasteiger partial charge in [-0.25, -0.2) is 20.8 Å². The lowest BCUT2D eigenvalue weighted by molar-refractivity contribution is -0.141. The summed E-state index contributed by atoms with van der Waals surface area (Å²) < 4.78 is 42.3. The van der Waals surface area contributed by atoms with E-state index in [2.05, 4.69) is 19.3 Å². The predicted molar refractivity (Wildman–Crippen MR) is 63.6 cm³/mol. The average molecular weight is 308 g/mol. The summed E-state index contributed by atoms with van der Waals surface area (Å²) >= 11 is 2.05. The van der Waals surface area contributed by atoms with Crippen LogP contribution in [-0.4, -0.2) is 19.3 Å². The highest BCUT2D eigenvalue weighted by atomic mass is 32.2. The number of nitrogen functional groups attached to an aromatic ring is 1. The van der Waals surface area contributed by atoms with E-state index in [0.717, 1.165) is 29.4 Å². The topological polar surface area (TPSA) is 89.6 Å². The van der Waals surface area contributed by atoms with Gasteiger partial charge >= 0.3 is 6.18 Å². The largest absolute Gasteiger partial charge is 0.433 e. The van der Waals surface area contributed by atoms with Gasteiger partial charge in [-0.1, -0.05) is 0 Å². The van der Waals surface area contributed by atoms with Gasteiger partial charge in [0.2, 0.25) is 5.95 Å². The van der Waals surface area contributed by atoms with Crippen molar-refractivity contribution in [3.8, 4) is 0 Å². The van der Waals surface area contributed by atoms with Gasteiger partial charge in [0.15, 0.2) is 10.0 Å². The zero-order valence-corrected chi connectivity index (χ0v) is 11.0. The summed E-state index contributed by atoms with van der Waals surface area (Å²) in [5.74, 6) is 5.30. The van der Waals surface area contributed by atoms with E-state index in [4.69, 9.17) is 5.84 Å². The van der Waals surface area contributed by atoms with E-state index in [-0.39, 0.29) is 11.0 Å². The molecular weight excluding hydrogens is 301 g/mol. The predicted octanol–water partition coefficient (Wildman–Crippen LogP) is 2.09. The molecule has 102 valence electrons. The van der Waals surface area contributed by atoms with E-state index in [1.54, 1.807) is 6.92 Å². The minimum absolute atomic E-state index is 0.0893. The van der Waals surface area contributed by atoms with Gasteiger partial charge in [0.05, 0.1) is 0 Å². The molecule has 2 aromatic rings. The molecule has 0 aliphatic carbocycles. The molecule has 0 amide bonds. The van der Waals surface area contributed by atoms with E-state index in [1.807, 2.05) is 5.43 Å². The van der Waals surface area contributed by atoms with Crippen LogP contribution >= 0.6 is 23.3 Å². The lowest BCUT2D eigenvalue weighted by atomic mass is 10.4. The van der Waals surface area contributed by atoms with Crippen molar-refractivity contribution in [2.45, 2.75) is 22.5 Å². The molecule has 0 saturated heterocycles. The summed E-state index contributed by atoms with van der Waals surface area (Å²) in [5, 5.41) is 0.0893. The van der Waals surface area contributed by atoms with Crippen molar-refractivity contribution in [3.05, 3.63) is 17.6 Å². The maximum atomic E-state index is 12.6. The highest BCUT2D eigenvalue weighted by Crippen LogP contribution is 2.33. The van der Waals surface area contributed by atoms with Gasteiger partial charge in [-0.05, 0) is 30.2 Å². The summed E-state index contributed by atoms with van der Waals surface area (Å²) in [5.41, 5.74) is 0.932. The van der Waals surface area contributed by atoms with Crippen LogP contribution in [0.3, 0.4) is 0 Å². The Morgan fingerprint density at radius 3 is 2.58 bits per heavy atom. The van der Waals surface area contributed by atoms with Crippen molar-refractivity contribution in [1.29, 1.82) is 0 Å². The summed E-state index contributed by atoms with van der Waals surface area (Å²) in [4.78, 5) is 11.1. The molecule has 19 heavy (non-hydrogen) atoms. The van der Waals surface area contributed by atoms with Crippen molar-refractivity contribution in [1.82, 2.24) is 19.3 Å². The van der Waals surface area contributed by atoms with E-state index < -0.39 is 11.9 Å². The first-order valence-electron chi connectivity index (χ1n) is 4.79. The monoisotopic (exact) mass is 308 g/mol. The summed E-state index contributed by atoms with van der Waals surface area (Å²) in [6, 6.07) is 0.836. The minimum atomic E-state index is -4.57. The number of anilines is 1. The van der Waals surface area contributed by atoms with Gasteiger partial charge in [-0.3, -0.25) is 5.43 Å². The van der Waals surface area contributed by atoms with Crippen molar-refractivity contribution in [2.24, 2.45) is 5.84 Å². The Bertz CT molecular complexity index is 584. The number of nitrogens with zero attached hydrogens (tertiary/aromatic N) is 4. The number of halogens is 3. The SMILES string of the molecule is Cc1nsc(Sc2cc(C(F)(F)F)nc(NN)n2)n1. The molecule has 3 N–H and O–H groups in total. The Morgan fingerprint density at radius 2 is 2.05 bits per heavy atom. The van der Waals surface area contributed by atoms with Crippen molar-refractivity contribution < 1.29 is 13.2 Å². The van der Waals surface area contributed by atoms with Gasteiger partial charge < -0.3 is 0 Å². The van der Waals surface area contributed by atoms with Crippen molar-refractivity contribution in [3.63, 3.8) is 0 Å². The summed E-state index contributed by atoms with van der Waals surface area (Å²) in [6.45, 7) is 1.69. The number of hydrazine groups is 1. The lowest BCUT2D eigenvalue weighted by Gasteiger charge is -2.08. The third-order valence-electron chi connectivity index (χ3n) is 1.82. The summed E-state index contributed by atoms with van der Waals surface area (Å²) in [6.07, 6.45) is -4.57. The highest BCUT2D eigenvalue weighted by Gasteiger charge is 2.33. The van der Waals surface area contributed by atoms with Gasteiger partial charge in [0.1, 0.15) is 10.9 Å². The number of aromatic nitrogens is 4. The zero-order valence-electron chi connectivity index (χ0n) is 9.39. The second-order valence-corrected chi connectivity index (χ2v) is 5.29. The molecule has 0 saturated carbocycles. The first-order valence-corrected chi connectivity index (χ1v) is 6.38. The van der Waals surface area contributed by atoms with E-state index >= 15 is 0 Å². The number of hydrogen-bond donors (Lipinski definition) is 2. The fraction of sp³-hybridized carbons (Fsp3) is 0.250. The Kier molecular flexibility index (Phi) is 3.87. The number of rotatable bonds is 3. The minimum Gasteiger partial charge on any atom is -0.292 e. The molecule has 0 aromatic carbocycles. The van der Waals surface area contributed by atoms with Crippen LogP contribution < -0.4 is 11.3 Å². The maximum absolute atomic E-state index is 12.6. The highest BCUT2D eigenvalue weighted by molar-refractivity contribution is 8.00. The van der Waals surface area contributed by atoms with Crippen molar-refractivity contribution in [2.75, 3.05) is 5.43 Å². The Hall–Kier alpha value is -1.46. The molecule has 6 nitrogen and oxygen atoms in total. The van der Waals surface area contributed by atoms with Gasteiger partial charge in [-0.2, -0.15) is 17.5 Å². The third kappa shape index (κ3) is 3.52. The molecule has 0 aliphatic heterocycles. The Morgan fingerprint density at radius 1 is 1.32 bits per heavy atom. The number of hydrogen-bond acceptors (Lipinski definition) is 8. The second kappa shape index (κ2) is 5.27. The average Bonchev–Trinajstić information content (AvgIpc) is 2.73. The van der Waals surface area contributed by atoms with Gasteiger partial charge in [0, 0.05) is 6.07 Å². The van der Waals surface area contributed by atoms with Crippen LogP contribution in [0.5, 0.6) is 0 Å². The van der Waals surface area contributed by atoms with E-state index in [1.165, 1.54) is 0 Å². The third-order valence-corrected chi connectivity index (χ3v) is 3.58. The number of aryl methyl sites for hydroxylation is 1. The molecule has 0 radical (unpaired) electrons.